The first kappa shape index (κ1) is 20.8. The summed E-state index contributed by atoms with van der Waals surface area (Å²) in [5.41, 5.74) is 7.17. The SMILES string of the molecule is O=NNC(=O)C1CC1Cc1ccc(OCc2cc(-c3ccccc3)nc3ccccc23)cc1. The molecule has 3 aromatic carbocycles. The van der Waals surface area contributed by atoms with Crippen LogP contribution in [0, 0.1) is 16.7 Å². The van der Waals surface area contributed by atoms with E-state index in [-0.39, 0.29) is 17.7 Å². The molecular weight excluding hydrogens is 414 g/mol. The number of carbonyl (C=O) groups excluding carboxylic acids is 1. The highest BCUT2D eigenvalue weighted by Gasteiger charge is 2.42. The molecule has 33 heavy (non-hydrogen) atoms. The molecule has 0 bridgehead atoms. The van der Waals surface area contributed by atoms with Gasteiger partial charge in [-0.3, -0.25) is 4.79 Å². The van der Waals surface area contributed by atoms with Crippen molar-refractivity contribution in [2.45, 2.75) is 19.4 Å². The van der Waals surface area contributed by atoms with Gasteiger partial charge in [-0.1, -0.05) is 60.7 Å². The molecule has 0 radical (unpaired) electrons. The molecule has 0 spiro atoms. The largest absolute Gasteiger partial charge is 0.489 e. The monoisotopic (exact) mass is 437 g/mol. The molecule has 0 saturated heterocycles. The van der Waals surface area contributed by atoms with Crippen LogP contribution in [0.5, 0.6) is 5.75 Å². The number of rotatable bonds is 8. The first-order chi connectivity index (χ1) is 16.2. The van der Waals surface area contributed by atoms with Crippen LogP contribution in [0.2, 0.25) is 0 Å². The van der Waals surface area contributed by atoms with Gasteiger partial charge in [-0.15, -0.1) is 4.91 Å². The number of ether oxygens (including phenoxy) is 1. The maximum Gasteiger partial charge on any atom is 0.246 e. The van der Waals surface area contributed by atoms with Gasteiger partial charge in [-0.25, -0.2) is 10.4 Å². The van der Waals surface area contributed by atoms with Crippen LogP contribution in [0.3, 0.4) is 0 Å². The van der Waals surface area contributed by atoms with Crippen LogP contribution in [0.15, 0.2) is 90.2 Å². The molecular formula is C27H23N3O3. The van der Waals surface area contributed by atoms with Gasteiger partial charge in [-0.05, 0) is 48.6 Å². The number of nitrogens with zero attached hydrogens (tertiary/aromatic N) is 2. The molecule has 6 nitrogen and oxygen atoms in total. The Morgan fingerprint density at radius 1 is 1.00 bits per heavy atom. The Labute approximate surface area is 191 Å². The van der Waals surface area contributed by atoms with Crippen molar-refractivity contribution in [3.8, 4) is 17.0 Å². The summed E-state index contributed by atoms with van der Waals surface area (Å²) >= 11 is 0. The Morgan fingerprint density at radius 3 is 2.55 bits per heavy atom. The van der Waals surface area contributed by atoms with E-state index in [4.69, 9.17) is 9.72 Å². The Bertz CT molecular complexity index is 1290. The molecule has 1 N–H and O–H groups in total. The van der Waals surface area contributed by atoms with Crippen molar-refractivity contribution in [2.24, 2.45) is 17.1 Å². The van der Waals surface area contributed by atoms with Crippen molar-refractivity contribution < 1.29 is 9.53 Å². The second kappa shape index (κ2) is 9.20. The van der Waals surface area contributed by atoms with Crippen LogP contribution in [0.1, 0.15) is 17.5 Å². The number of carbonyl (C=O) groups is 1. The average molecular weight is 437 g/mol. The van der Waals surface area contributed by atoms with E-state index in [0.717, 1.165) is 51.9 Å². The van der Waals surface area contributed by atoms with Crippen molar-refractivity contribution in [3.05, 3.63) is 101 Å². The van der Waals surface area contributed by atoms with Crippen LogP contribution in [-0.4, -0.2) is 10.9 Å². The molecule has 4 aromatic rings. The van der Waals surface area contributed by atoms with Gasteiger partial charge in [0.15, 0.2) is 0 Å². The zero-order chi connectivity index (χ0) is 22.6. The summed E-state index contributed by atoms with van der Waals surface area (Å²) in [6.07, 6.45) is 1.59. The highest BCUT2D eigenvalue weighted by atomic mass is 16.5. The summed E-state index contributed by atoms with van der Waals surface area (Å²) in [4.78, 5) is 26.7. The Kier molecular flexibility index (Phi) is 5.81. The average Bonchev–Trinajstić information content (AvgIpc) is 3.63. The molecule has 1 aliphatic rings. The molecule has 1 fully saturated rings. The fourth-order valence-corrected chi connectivity index (χ4v) is 4.23. The van der Waals surface area contributed by atoms with Gasteiger partial charge >= 0.3 is 0 Å². The van der Waals surface area contributed by atoms with E-state index >= 15 is 0 Å². The van der Waals surface area contributed by atoms with E-state index in [1.54, 1.807) is 0 Å². The number of hydrogen-bond donors (Lipinski definition) is 1. The molecule has 1 aromatic heterocycles. The van der Waals surface area contributed by atoms with E-state index in [1.807, 2.05) is 66.1 Å². The van der Waals surface area contributed by atoms with Gasteiger partial charge in [0, 0.05) is 22.4 Å². The predicted octanol–water partition coefficient (Wildman–Crippen LogP) is 5.46. The van der Waals surface area contributed by atoms with Gasteiger partial charge in [0.1, 0.15) is 12.4 Å². The second-order valence-electron chi connectivity index (χ2n) is 8.36. The number of hydrogen-bond acceptors (Lipinski definition) is 5. The second-order valence-corrected chi connectivity index (χ2v) is 8.36. The lowest BCUT2D eigenvalue weighted by atomic mass is 10.0. The fourth-order valence-electron chi connectivity index (χ4n) is 4.23. The van der Waals surface area contributed by atoms with Gasteiger partial charge < -0.3 is 4.74 Å². The molecule has 2 atom stereocenters. The minimum Gasteiger partial charge on any atom is -0.489 e. The van der Waals surface area contributed by atoms with E-state index in [1.165, 1.54) is 0 Å². The summed E-state index contributed by atoms with van der Waals surface area (Å²) in [5.74, 6) is 0.654. The lowest BCUT2D eigenvalue weighted by Gasteiger charge is -2.12. The van der Waals surface area contributed by atoms with Gasteiger partial charge in [0.2, 0.25) is 5.91 Å². The molecule has 2 unspecified atom stereocenters. The molecule has 0 aliphatic heterocycles. The molecule has 6 heteroatoms. The zero-order valence-corrected chi connectivity index (χ0v) is 18.0. The van der Waals surface area contributed by atoms with Crippen LogP contribution in [-0.2, 0) is 17.8 Å². The predicted molar refractivity (Wildman–Crippen MR) is 127 cm³/mol. The summed E-state index contributed by atoms with van der Waals surface area (Å²) in [7, 11) is 0. The highest BCUT2D eigenvalue weighted by molar-refractivity contribution is 5.85. The number of amides is 1. The molecule has 1 amide bonds. The summed E-state index contributed by atoms with van der Waals surface area (Å²) in [6.45, 7) is 0.436. The summed E-state index contributed by atoms with van der Waals surface area (Å²) in [5, 5.41) is 3.55. The number of para-hydroxylation sites is 1. The van der Waals surface area contributed by atoms with Crippen molar-refractivity contribution in [3.63, 3.8) is 0 Å². The van der Waals surface area contributed by atoms with Crippen LogP contribution < -0.4 is 10.2 Å². The van der Waals surface area contributed by atoms with Crippen molar-refractivity contribution >= 4 is 16.8 Å². The minimum absolute atomic E-state index is 0.114. The van der Waals surface area contributed by atoms with Crippen molar-refractivity contribution in [2.75, 3.05) is 0 Å². The quantitative estimate of drug-likeness (QED) is 0.293. The van der Waals surface area contributed by atoms with Gasteiger partial charge in [0.25, 0.3) is 0 Å². The molecule has 1 heterocycles. The van der Waals surface area contributed by atoms with E-state index in [2.05, 4.69) is 29.6 Å². The first-order valence-corrected chi connectivity index (χ1v) is 11.0. The standard InChI is InChI=1S/C27H23N3O3/c31-27(29-30-32)24-15-20(24)14-18-10-12-22(13-11-18)33-17-21-16-26(19-6-2-1-3-7-19)28-25-9-5-4-8-23(21)25/h1-13,16,20,24H,14-15,17H2,(H,29,31,32). The molecule has 1 saturated carbocycles. The van der Waals surface area contributed by atoms with Crippen LogP contribution >= 0.6 is 0 Å². The molecule has 1 aliphatic carbocycles. The fraction of sp³-hybridized carbons (Fsp3) is 0.185. The lowest BCUT2D eigenvalue weighted by Crippen LogP contribution is -2.19. The van der Waals surface area contributed by atoms with Crippen LogP contribution in [0.4, 0.5) is 0 Å². The smallest absolute Gasteiger partial charge is 0.246 e. The summed E-state index contributed by atoms with van der Waals surface area (Å²) in [6, 6.07) is 28.3. The number of aromatic nitrogens is 1. The topological polar surface area (TPSA) is 80.7 Å². The molecule has 5 rings (SSSR count). The van der Waals surface area contributed by atoms with Gasteiger partial charge in [0.05, 0.1) is 16.5 Å². The normalized spacial score (nSPS) is 16.8. The number of nitroso groups, excluding NO2 is 1. The number of nitrogens with one attached hydrogen (secondary N) is 1. The Morgan fingerprint density at radius 2 is 1.76 bits per heavy atom. The van der Waals surface area contributed by atoms with Crippen molar-refractivity contribution in [1.29, 1.82) is 0 Å². The van der Waals surface area contributed by atoms with E-state index in [9.17, 15) is 9.70 Å². The third-order valence-corrected chi connectivity index (χ3v) is 6.10. The summed E-state index contributed by atoms with van der Waals surface area (Å²) < 4.78 is 6.12. The van der Waals surface area contributed by atoms with E-state index in [0.29, 0.717) is 6.61 Å². The lowest BCUT2D eigenvalue weighted by molar-refractivity contribution is -0.122. The van der Waals surface area contributed by atoms with Crippen molar-refractivity contribution in [1.82, 2.24) is 10.4 Å². The van der Waals surface area contributed by atoms with Gasteiger partial charge in [-0.2, -0.15) is 0 Å². The van der Waals surface area contributed by atoms with E-state index < -0.39 is 0 Å². The highest BCUT2D eigenvalue weighted by Crippen LogP contribution is 2.41. The molecule has 164 valence electrons. The third-order valence-electron chi connectivity index (χ3n) is 6.10. The zero-order valence-electron chi connectivity index (χ0n) is 18.0. The maximum atomic E-state index is 11.7. The third kappa shape index (κ3) is 4.75. The number of fused-ring (bicyclic) bond motifs is 1. The number of benzene rings is 3. The van der Waals surface area contributed by atoms with Crippen LogP contribution in [0.25, 0.3) is 22.2 Å². The maximum absolute atomic E-state index is 11.7. The minimum atomic E-state index is -0.283. The Balaban J connectivity index is 1.28. The number of pyridine rings is 1. The first-order valence-electron chi connectivity index (χ1n) is 11.0. The Hall–Kier alpha value is -4.06.